The van der Waals surface area contributed by atoms with Crippen LogP contribution >= 0.6 is 0 Å². The lowest BCUT2D eigenvalue weighted by Gasteiger charge is -2.23. The first-order valence-corrected chi connectivity index (χ1v) is 8.79. The third kappa shape index (κ3) is 5.20. The van der Waals surface area contributed by atoms with Crippen LogP contribution in [0.1, 0.15) is 45.1 Å². The molecule has 23 heavy (non-hydrogen) atoms. The van der Waals surface area contributed by atoms with Gasteiger partial charge in [-0.1, -0.05) is 26.8 Å². The molecule has 1 aliphatic rings. The molecule has 1 aromatic heterocycles. The molecule has 128 valence electrons. The number of pyridine rings is 1. The number of nitrogens with one attached hydrogen (secondary N) is 1. The van der Waals surface area contributed by atoms with Crippen molar-refractivity contribution < 1.29 is 0 Å². The molecule has 3 N–H and O–H groups in total. The first-order valence-electron chi connectivity index (χ1n) is 8.79. The molecule has 2 rings (SSSR count). The lowest BCUT2D eigenvalue weighted by Crippen LogP contribution is -2.42. The van der Waals surface area contributed by atoms with Crippen molar-refractivity contribution in [3.8, 4) is 0 Å². The maximum Gasteiger partial charge on any atom is 0.188 e. The van der Waals surface area contributed by atoms with E-state index in [1.165, 1.54) is 24.9 Å². The summed E-state index contributed by atoms with van der Waals surface area (Å²) in [7, 11) is 0. The molecule has 5 heteroatoms. The predicted molar refractivity (Wildman–Crippen MR) is 96.6 cm³/mol. The van der Waals surface area contributed by atoms with Crippen LogP contribution in [-0.2, 0) is 0 Å². The number of rotatable bonds is 7. The van der Waals surface area contributed by atoms with Crippen LogP contribution in [0.5, 0.6) is 0 Å². The zero-order chi connectivity index (χ0) is 16.7. The maximum absolute atomic E-state index is 6.07. The molecule has 0 aromatic carbocycles. The first-order chi connectivity index (χ1) is 11.1. The van der Waals surface area contributed by atoms with Gasteiger partial charge in [0.2, 0.25) is 0 Å². The Bertz CT molecular complexity index is 485. The van der Waals surface area contributed by atoms with Gasteiger partial charge >= 0.3 is 0 Å². The normalized spacial score (nSPS) is 20.9. The monoisotopic (exact) mass is 317 g/mol. The number of guanidine groups is 1. The van der Waals surface area contributed by atoms with Crippen LogP contribution in [0, 0.1) is 5.92 Å². The van der Waals surface area contributed by atoms with Gasteiger partial charge in [0, 0.05) is 37.4 Å². The molecule has 1 aromatic rings. The Balaban J connectivity index is 1.87. The molecule has 0 amide bonds. The molecule has 5 nitrogen and oxygen atoms in total. The Morgan fingerprint density at radius 1 is 1.52 bits per heavy atom. The molecule has 0 bridgehead atoms. The minimum absolute atomic E-state index is 0.350. The molecule has 0 aliphatic carbocycles. The van der Waals surface area contributed by atoms with Crippen LogP contribution in [0.3, 0.4) is 0 Å². The van der Waals surface area contributed by atoms with Gasteiger partial charge in [0.1, 0.15) is 0 Å². The number of aliphatic imine (C=N–C) groups is 1. The topological polar surface area (TPSA) is 66.5 Å². The molecule has 2 unspecified atom stereocenters. The molecule has 1 fully saturated rings. The predicted octanol–water partition coefficient (Wildman–Crippen LogP) is 2.21. The van der Waals surface area contributed by atoms with Crippen LogP contribution < -0.4 is 11.1 Å². The fraction of sp³-hybridized carbons (Fsp3) is 0.667. The van der Waals surface area contributed by atoms with E-state index in [4.69, 9.17) is 5.73 Å². The Kier molecular flexibility index (Phi) is 6.84. The maximum atomic E-state index is 6.07. The van der Waals surface area contributed by atoms with Crippen molar-refractivity contribution in [3.63, 3.8) is 0 Å². The van der Waals surface area contributed by atoms with E-state index in [1.54, 1.807) is 6.20 Å². The molecule has 1 aliphatic heterocycles. The van der Waals surface area contributed by atoms with Crippen molar-refractivity contribution in [2.75, 3.05) is 26.2 Å². The average Bonchev–Trinajstić information content (AvgIpc) is 3.01. The largest absolute Gasteiger partial charge is 0.370 e. The van der Waals surface area contributed by atoms with Gasteiger partial charge < -0.3 is 11.1 Å². The summed E-state index contributed by atoms with van der Waals surface area (Å²) < 4.78 is 0. The summed E-state index contributed by atoms with van der Waals surface area (Å²) in [6.07, 6.45) is 6.27. The molecular formula is C18H31N5. The van der Waals surface area contributed by atoms with Crippen molar-refractivity contribution in [3.05, 3.63) is 30.1 Å². The Labute approximate surface area is 140 Å². The average molecular weight is 317 g/mol. The third-order valence-corrected chi connectivity index (χ3v) is 4.80. The highest BCUT2D eigenvalue weighted by Gasteiger charge is 2.22. The van der Waals surface area contributed by atoms with E-state index < -0.39 is 0 Å². The van der Waals surface area contributed by atoms with E-state index in [2.05, 4.69) is 47.0 Å². The quantitative estimate of drug-likeness (QED) is 0.598. The van der Waals surface area contributed by atoms with Gasteiger partial charge in [-0.2, -0.15) is 0 Å². The summed E-state index contributed by atoms with van der Waals surface area (Å²) in [5, 5.41) is 3.31. The van der Waals surface area contributed by atoms with Crippen molar-refractivity contribution in [1.82, 2.24) is 15.2 Å². The van der Waals surface area contributed by atoms with Crippen LogP contribution in [-0.4, -0.2) is 48.1 Å². The van der Waals surface area contributed by atoms with E-state index in [-0.39, 0.29) is 0 Å². The molecule has 0 spiro atoms. The van der Waals surface area contributed by atoms with Crippen molar-refractivity contribution >= 4 is 5.96 Å². The van der Waals surface area contributed by atoms with Gasteiger partial charge in [0.25, 0.3) is 0 Å². The highest BCUT2D eigenvalue weighted by Crippen LogP contribution is 2.23. The van der Waals surface area contributed by atoms with Crippen LogP contribution in [0.15, 0.2) is 29.5 Å². The standard InChI is InChI=1S/C18H31N5/c1-4-23-10-6-8-16(23)12-21-18(19)22-13-17(14(2)3)15-7-5-9-20-11-15/h5,7,9,11,14,16-17H,4,6,8,10,12-13H2,1-3H3,(H3,19,21,22). The molecule has 0 radical (unpaired) electrons. The van der Waals surface area contributed by atoms with Crippen LogP contribution in [0.25, 0.3) is 0 Å². The summed E-state index contributed by atoms with van der Waals surface area (Å²) in [5.41, 5.74) is 7.30. The Morgan fingerprint density at radius 2 is 2.35 bits per heavy atom. The highest BCUT2D eigenvalue weighted by molar-refractivity contribution is 5.77. The molecular weight excluding hydrogens is 286 g/mol. The second kappa shape index (κ2) is 8.87. The zero-order valence-corrected chi connectivity index (χ0v) is 14.7. The summed E-state index contributed by atoms with van der Waals surface area (Å²) in [6, 6.07) is 4.69. The van der Waals surface area contributed by atoms with Gasteiger partial charge in [-0.05, 0) is 43.5 Å². The number of likely N-dealkylation sites (tertiary alicyclic amines) is 1. The number of aromatic nitrogens is 1. The molecule has 2 atom stereocenters. The SMILES string of the molecule is CCN1CCCC1CNC(N)=NCC(c1cccnc1)C(C)C. The highest BCUT2D eigenvalue weighted by atomic mass is 15.2. The van der Waals surface area contributed by atoms with Crippen LogP contribution in [0.2, 0.25) is 0 Å². The van der Waals surface area contributed by atoms with Gasteiger partial charge in [0.15, 0.2) is 5.96 Å². The minimum atomic E-state index is 0.350. The summed E-state index contributed by atoms with van der Waals surface area (Å²) in [6.45, 7) is 10.6. The van der Waals surface area contributed by atoms with Crippen molar-refractivity contribution in [2.24, 2.45) is 16.6 Å². The number of nitrogens with zero attached hydrogens (tertiary/aromatic N) is 3. The van der Waals surface area contributed by atoms with Gasteiger partial charge in [-0.3, -0.25) is 14.9 Å². The smallest absolute Gasteiger partial charge is 0.188 e. The van der Waals surface area contributed by atoms with Gasteiger partial charge in [-0.15, -0.1) is 0 Å². The van der Waals surface area contributed by atoms with E-state index >= 15 is 0 Å². The van der Waals surface area contributed by atoms with E-state index in [0.29, 0.717) is 30.4 Å². The number of hydrogen-bond donors (Lipinski definition) is 2. The van der Waals surface area contributed by atoms with Crippen molar-refractivity contribution in [1.29, 1.82) is 0 Å². The Hall–Kier alpha value is -1.62. The summed E-state index contributed by atoms with van der Waals surface area (Å²) in [5.74, 6) is 1.41. The Morgan fingerprint density at radius 3 is 3.00 bits per heavy atom. The van der Waals surface area contributed by atoms with E-state index in [1.807, 2.05) is 12.3 Å². The lowest BCUT2D eigenvalue weighted by molar-refractivity contribution is 0.267. The van der Waals surface area contributed by atoms with Gasteiger partial charge in [-0.25, -0.2) is 0 Å². The summed E-state index contributed by atoms with van der Waals surface area (Å²) >= 11 is 0. The summed E-state index contributed by atoms with van der Waals surface area (Å²) in [4.78, 5) is 11.3. The van der Waals surface area contributed by atoms with E-state index in [9.17, 15) is 0 Å². The molecule has 2 heterocycles. The number of nitrogens with two attached hydrogens (primary N) is 1. The van der Waals surface area contributed by atoms with Gasteiger partial charge in [0.05, 0.1) is 0 Å². The second-order valence-corrected chi connectivity index (χ2v) is 6.67. The number of hydrogen-bond acceptors (Lipinski definition) is 3. The first kappa shape index (κ1) is 17.7. The molecule has 1 saturated heterocycles. The number of likely N-dealkylation sites (N-methyl/N-ethyl adjacent to an activating group) is 1. The second-order valence-electron chi connectivity index (χ2n) is 6.67. The fourth-order valence-electron chi connectivity index (χ4n) is 3.31. The zero-order valence-electron chi connectivity index (χ0n) is 14.7. The third-order valence-electron chi connectivity index (χ3n) is 4.80. The van der Waals surface area contributed by atoms with Crippen LogP contribution in [0.4, 0.5) is 0 Å². The van der Waals surface area contributed by atoms with Crippen molar-refractivity contribution in [2.45, 2.75) is 45.6 Å². The fourth-order valence-corrected chi connectivity index (χ4v) is 3.31. The van der Waals surface area contributed by atoms with E-state index in [0.717, 1.165) is 13.1 Å². The lowest BCUT2D eigenvalue weighted by atomic mass is 9.89. The molecule has 0 saturated carbocycles. The minimum Gasteiger partial charge on any atom is -0.370 e.